The lowest BCUT2D eigenvalue weighted by molar-refractivity contribution is 0.977. The van der Waals surface area contributed by atoms with Crippen LogP contribution in [0.2, 0.25) is 0 Å². The molecule has 488 valence electrons. The van der Waals surface area contributed by atoms with Crippen LogP contribution in [0.3, 0.4) is 0 Å². The highest BCUT2D eigenvalue weighted by molar-refractivity contribution is 6.18. The molecule has 0 aliphatic rings. The van der Waals surface area contributed by atoms with Crippen molar-refractivity contribution >= 4 is 110 Å². The van der Waals surface area contributed by atoms with E-state index < -0.39 is 0 Å². The van der Waals surface area contributed by atoms with E-state index in [2.05, 4.69) is 419 Å². The predicted molar refractivity (Wildman–Crippen MR) is 436 cm³/mol. The number of rotatable bonds is 15. The molecule has 0 saturated heterocycles. The van der Waals surface area contributed by atoms with E-state index >= 15 is 0 Å². The molecule has 0 bridgehead atoms. The average molecular weight is 1320 g/mol. The van der Waals surface area contributed by atoms with Crippen molar-refractivity contribution in [2.24, 2.45) is 0 Å². The van der Waals surface area contributed by atoms with Crippen LogP contribution in [0.5, 0.6) is 0 Å². The Hall–Kier alpha value is -13.4. The first kappa shape index (κ1) is 60.7. The maximum atomic E-state index is 2.44. The molecule has 0 amide bonds. The lowest BCUT2D eigenvalue weighted by Gasteiger charge is -2.26. The van der Waals surface area contributed by atoms with Crippen LogP contribution in [0, 0.1) is 0 Å². The summed E-state index contributed by atoms with van der Waals surface area (Å²) in [6.07, 6.45) is 0. The van der Waals surface area contributed by atoms with Gasteiger partial charge in [-0.1, -0.05) is 231 Å². The van der Waals surface area contributed by atoms with Crippen LogP contribution in [0.15, 0.2) is 376 Å². The van der Waals surface area contributed by atoms with Gasteiger partial charge >= 0.3 is 0 Å². The SMILES string of the molecule is CN(c1ccc(-n2c3ccccc3c3c(-c4cc(-c5ccccc5)ccc4N(C)c4ccc5c(c4)c4ccccc4n5-c4ccc(-c5ccc(CN(c6ccccc6)c6ccc7c(c6)c6ccccc6n7-c6ccc(-c7ccccc7)cc6)cc5)cc4)cccc32)cc1)c1ccc2ccccc2c1. The van der Waals surface area contributed by atoms with Gasteiger partial charge in [0.15, 0.2) is 0 Å². The highest BCUT2D eigenvalue weighted by atomic mass is 15.1. The Kier molecular flexibility index (Phi) is 15.0. The molecule has 19 aromatic rings. The van der Waals surface area contributed by atoms with Crippen LogP contribution >= 0.6 is 0 Å². The highest BCUT2D eigenvalue weighted by Crippen LogP contribution is 2.46. The molecule has 0 spiro atoms. The Morgan fingerprint density at radius 3 is 1.26 bits per heavy atom. The zero-order valence-corrected chi connectivity index (χ0v) is 57.2. The number of aromatic nitrogens is 3. The minimum Gasteiger partial charge on any atom is -0.345 e. The van der Waals surface area contributed by atoms with Gasteiger partial charge in [0.05, 0.1) is 33.1 Å². The highest BCUT2D eigenvalue weighted by Gasteiger charge is 2.23. The summed E-state index contributed by atoms with van der Waals surface area (Å²) in [6, 6.07) is 138. The van der Waals surface area contributed by atoms with Gasteiger partial charge in [0, 0.05) is 110 Å². The lowest BCUT2D eigenvalue weighted by atomic mass is 9.93. The average Bonchev–Trinajstić information content (AvgIpc) is 1.61. The second-order valence-electron chi connectivity index (χ2n) is 27.0. The molecule has 16 aromatic carbocycles. The maximum Gasteiger partial charge on any atom is 0.0547 e. The first-order chi connectivity index (χ1) is 50.9. The van der Waals surface area contributed by atoms with Gasteiger partial charge in [0.1, 0.15) is 0 Å². The van der Waals surface area contributed by atoms with Crippen LogP contribution in [0.1, 0.15) is 5.56 Å². The van der Waals surface area contributed by atoms with E-state index in [1.807, 2.05) is 0 Å². The smallest absolute Gasteiger partial charge is 0.0547 e. The van der Waals surface area contributed by atoms with Gasteiger partial charge in [0.25, 0.3) is 0 Å². The van der Waals surface area contributed by atoms with Crippen LogP contribution < -0.4 is 14.7 Å². The molecular weight excluding hydrogens is 1250 g/mol. The molecule has 0 aliphatic heterocycles. The Labute approximate surface area is 598 Å². The molecule has 0 aliphatic carbocycles. The summed E-state index contributed by atoms with van der Waals surface area (Å²) in [5, 5.41) is 9.75. The van der Waals surface area contributed by atoms with Gasteiger partial charge < -0.3 is 28.4 Å². The molecule has 3 heterocycles. The molecule has 0 N–H and O–H groups in total. The first-order valence-corrected chi connectivity index (χ1v) is 35.4. The minimum atomic E-state index is 0.702. The molecule has 6 heteroatoms. The quantitative estimate of drug-likeness (QED) is 0.102. The van der Waals surface area contributed by atoms with Gasteiger partial charge in [-0.15, -0.1) is 0 Å². The van der Waals surface area contributed by atoms with Crippen molar-refractivity contribution in [1.82, 2.24) is 13.7 Å². The van der Waals surface area contributed by atoms with Crippen LogP contribution in [0.4, 0.5) is 34.1 Å². The summed E-state index contributed by atoms with van der Waals surface area (Å²) in [4.78, 5) is 7.08. The molecule has 0 fully saturated rings. The molecule has 0 unspecified atom stereocenters. The number of para-hydroxylation sites is 4. The largest absolute Gasteiger partial charge is 0.345 e. The van der Waals surface area contributed by atoms with E-state index in [9.17, 15) is 0 Å². The summed E-state index contributed by atoms with van der Waals surface area (Å²) in [7, 11) is 4.37. The molecule has 19 rings (SSSR count). The summed E-state index contributed by atoms with van der Waals surface area (Å²) in [5.74, 6) is 0. The second kappa shape index (κ2) is 25.4. The summed E-state index contributed by atoms with van der Waals surface area (Å²) < 4.78 is 7.26. The van der Waals surface area contributed by atoms with Crippen molar-refractivity contribution in [2.45, 2.75) is 6.54 Å². The fourth-order valence-electron chi connectivity index (χ4n) is 15.9. The summed E-state index contributed by atoms with van der Waals surface area (Å²) in [5.41, 5.74) is 27.8. The van der Waals surface area contributed by atoms with Crippen LogP contribution in [-0.4, -0.2) is 27.8 Å². The Balaban J connectivity index is 0.625. The van der Waals surface area contributed by atoms with E-state index in [-0.39, 0.29) is 0 Å². The monoisotopic (exact) mass is 1320 g/mol. The molecule has 0 atom stereocenters. The third-order valence-electron chi connectivity index (χ3n) is 21.1. The normalized spacial score (nSPS) is 11.6. The van der Waals surface area contributed by atoms with Crippen molar-refractivity contribution < 1.29 is 0 Å². The van der Waals surface area contributed by atoms with Gasteiger partial charge in [-0.25, -0.2) is 0 Å². The molecule has 103 heavy (non-hydrogen) atoms. The maximum absolute atomic E-state index is 2.44. The first-order valence-electron chi connectivity index (χ1n) is 35.4. The number of hydrogen-bond donors (Lipinski definition) is 0. The fraction of sp³-hybridized carbons (Fsp3) is 0.0309. The van der Waals surface area contributed by atoms with E-state index in [0.717, 1.165) is 73.3 Å². The Morgan fingerprint density at radius 2 is 0.650 bits per heavy atom. The molecule has 0 radical (unpaired) electrons. The van der Waals surface area contributed by atoms with Crippen molar-refractivity contribution in [3.05, 3.63) is 382 Å². The third kappa shape index (κ3) is 10.7. The molecule has 6 nitrogen and oxygen atoms in total. The van der Waals surface area contributed by atoms with Gasteiger partial charge in [-0.2, -0.15) is 0 Å². The van der Waals surface area contributed by atoms with Crippen LogP contribution in [-0.2, 0) is 6.54 Å². The predicted octanol–water partition coefficient (Wildman–Crippen LogP) is 25.7. The number of fused-ring (bicyclic) bond motifs is 10. The Bertz CT molecular complexity index is 6390. The van der Waals surface area contributed by atoms with Crippen molar-refractivity contribution in [2.75, 3.05) is 28.8 Å². The van der Waals surface area contributed by atoms with Crippen molar-refractivity contribution in [3.8, 4) is 61.6 Å². The molecular formula is C97H70N6. The summed E-state index contributed by atoms with van der Waals surface area (Å²) in [6.45, 7) is 0.702. The zero-order chi connectivity index (χ0) is 68.5. The Morgan fingerprint density at radius 1 is 0.233 bits per heavy atom. The number of nitrogens with zero attached hydrogens (tertiary/aromatic N) is 6. The standard InChI is InChI=1S/C97H70N6/c1-98(80-51-45-69-25-12-13-26-73(69)61-80)75-52-54-79(55-53-75)103-93-35-19-16-31-86(93)97-85(32-20-36-96(97)103)87-62-74(68-23-8-4-9-24-68)46-58-90(87)99(2)81-56-59-94-88(63-81)83-29-14-17-33-91(83)101(94)78-49-43-72(44-50-78)70-39-37-66(38-40-70)65-100(76-27-10-5-11-28-76)82-57-60-95-89(64-82)84-30-15-18-34-92(84)102(95)77-47-41-71(42-48-77)67-21-6-3-7-22-67/h3-64H,65H2,1-2H3. The topological polar surface area (TPSA) is 24.5 Å². The lowest BCUT2D eigenvalue weighted by Crippen LogP contribution is -2.16. The van der Waals surface area contributed by atoms with E-state index in [4.69, 9.17) is 0 Å². The van der Waals surface area contributed by atoms with Gasteiger partial charge in [-0.3, -0.25) is 0 Å². The molecule has 3 aromatic heterocycles. The van der Waals surface area contributed by atoms with Gasteiger partial charge in [0.2, 0.25) is 0 Å². The minimum absolute atomic E-state index is 0.702. The van der Waals surface area contributed by atoms with E-state index in [1.54, 1.807) is 0 Å². The van der Waals surface area contributed by atoms with E-state index in [1.165, 1.54) is 104 Å². The van der Waals surface area contributed by atoms with Crippen LogP contribution in [0.25, 0.3) is 138 Å². The van der Waals surface area contributed by atoms with Crippen molar-refractivity contribution in [3.63, 3.8) is 0 Å². The fourth-order valence-corrected chi connectivity index (χ4v) is 15.9. The number of benzene rings is 16. The van der Waals surface area contributed by atoms with Crippen molar-refractivity contribution in [1.29, 1.82) is 0 Å². The molecule has 0 saturated carbocycles. The zero-order valence-electron chi connectivity index (χ0n) is 57.2. The third-order valence-corrected chi connectivity index (χ3v) is 21.1. The van der Waals surface area contributed by atoms with Gasteiger partial charge in [-0.05, 0) is 201 Å². The second-order valence-corrected chi connectivity index (χ2v) is 27.0. The summed E-state index contributed by atoms with van der Waals surface area (Å²) >= 11 is 0. The number of hydrogen-bond acceptors (Lipinski definition) is 3. The van der Waals surface area contributed by atoms with E-state index in [0.29, 0.717) is 6.54 Å². The number of anilines is 6.